The van der Waals surface area contributed by atoms with E-state index in [-0.39, 0.29) is 12.5 Å². The normalized spacial score (nSPS) is 13.2. The first-order chi connectivity index (χ1) is 15.7. The molecule has 0 radical (unpaired) electrons. The molecule has 0 aromatic rings. The number of nitrogens with one attached hydrogen (secondary N) is 1. The molecule has 0 aliphatic heterocycles. The molecule has 192 valence electrons. The largest absolute Gasteiger partial charge is 0.394 e. The van der Waals surface area contributed by atoms with Crippen LogP contribution in [-0.4, -0.2) is 34.9 Å². The molecule has 0 aliphatic rings. The fraction of sp³-hybridized carbons (Fsp3) is 0.964. The highest BCUT2D eigenvalue weighted by atomic mass is 16.3. The molecule has 0 bridgehead atoms. The molecule has 0 rings (SSSR count). The average molecular weight is 456 g/mol. The summed E-state index contributed by atoms with van der Waals surface area (Å²) in [6.07, 6.45) is 25.7. The van der Waals surface area contributed by atoms with Crippen LogP contribution in [0.4, 0.5) is 0 Å². The Morgan fingerprint density at radius 1 is 0.625 bits per heavy atom. The summed E-state index contributed by atoms with van der Waals surface area (Å²) in [4.78, 5) is 12.2. The molecule has 0 fully saturated rings. The van der Waals surface area contributed by atoms with Crippen molar-refractivity contribution in [3.8, 4) is 0 Å². The van der Waals surface area contributed by atoms with Gasteiger partial charge in [0.25, 0.3) is 0 Å². The number of hydrogen-bond donors (Lipinski definition) is 3. The summed E-state index contributed by atoms with van der Waals surface area (Å²) in [6, 6.07) is -0.524. The molecule has 3 N–H and O–H groups in total. The molecule has 0 spiro atoms. The molecule has 32 heavy (non-hydrogen) atoms. The van der Waals surface area contributed by atoms with E-state index in [1.165, 1.54) is 103 Å². The van der Waals surface area contributed by atoms with E-state index in [0.29, 0.717) is 12.8 Å². The number of carbonyl (C=O) groups is 1. The van der Waals surface area contributed by atoms with Crippen molar-refractivity contribution in [2.24, 2.45) is 0 Å². The van der Waals surface area contributed by atoms with Gasteiger partial charge in [-0.25, -0.2) is 0 Å². The Morgan fingerprint density at radius 3 is 1.41 bits per heavy atom. The van der Waals surface area contributed by atoms with E-state index >= 15 is 0 Å². The van der Waals surface area contributed by atoms with Gasteiger partial charge < -0.3 is 15.5 Å². The molecule has 0 aliphatic carbocycles. The Morgan fingerprint density at radius 2 is 1.00 bits per heavy atom. The van der Waals surface area contributed by atoms with Crippen LogP contribution in [0, 0.1) is 0 Å². The molecular weight excluding hydrogens is 398 g/mol. The molecule has 0 aromatic heterocycles. The van der Waals surface area contributed by atoms with Gasteiger partial charge in [-0.1, -0.05) is 136 Å². The summed E-state index contributed by atoms with van der Waals surface area (Å²) in [5.74, 6) is -0.0371. The van der Waals surface area contributed by atoms with Crippen molar-refractivity contribution in [1.82, 2.24) is 5.32 Å². The van der Waals surface area contributed by atoms with Gasteiger partial charge in [-0.2, -0.15) is 0 Å². The zero-order valence-corrected chi connectivity index (χ0v) is 21.7. The van der Waals surface area contributed by atoms with E-state index in [1.807, 2.05) is 0 Å². The predicted octanol–water partition coefficient (Wildman–Crippen LogP) is 7.45. The van der Waals surface area contributed by atoms with Crippen molar-refractivity contribution < 1.29 is 15.0 Å². The van der Waals surface area contributed by atoms with Crippen LogP contribution < -0.4 is 5.32 Å². The zero-order valence-electron chi connectivity index (χ0n) is 21.7. The molecule has 0 heterocycles. The first kappa shape index (κ1) is 31.4. The van der Waals surface area contributed by atoms with E-state index in [1.54, 1.807) is 0 Å². The molecule has 0 saturated carbocycles. The van der Waals surface area contributed by atoms with E-state index in [2.05, 4.69) is 19.2 Å². The third-order valence-electron chi connectivity index (χ3n) is 6.62. The SMILES string of the molecule is CCCCCCCCCCCCC[C@@H](O)[C@H](CO)NC(=O)CCCCCCCCCCC. The minimum Gasteiger partial charge on any atom is -0.394 e. The quantitative estimate of drug-likeness (QED) is 0.125. The van der Waals surface area contributed by atoms with Crippen LogP contribution in [0.15, 0.2) is 0 Å². The van der Waals surface area contributed by atoms with Gasteiger partial charge in [0.05, 0.1) is 18.8 Å². The van der Waals surface area contributed by atoms with Crippen LogP contribution in [0.25, 0.3) is 0 Å². The molecule has 0 saturated heterocycles. The average Bonchev–Trinajstić information content (AvgIpc) is 2.79. The summed E-state index contributed by atoms with van der Waals surface area (Å²) in [5, 5.41) is 22.8. The minimum absolute atomic E-state index is 0.0371. The lowest BCUT2D eigenvalue weighted by Crippen LogP contribution is -2.45. The van der Waals surface area contributed by atoms with Gasteiger partial charge in [-0.3, -0.25) is 4.79 Å². The van der Waals surface area contributed by atoms with Gasteiger partial charge in [0, 0.05) is 6.42 Å². The van der Waals surface area contributed by atoms with Crippen LogP contribution in [0.3, 0.4) is 0 Å². The van der Waals surface area contributed by atoms with Crippen LogP contribution in [0.2, 0.25) is 0 Å². The van der Waals surface area contributed by atoms with Crippen LogP contribution in [0.1, 0.15) is 155 Å². The molecule has 1 amide bonds. The lowest BCUT2D eigenvalue weighted by atomic mass is 10.0. The van der Waals surface area contributed by atoms with Crippen molar-refractivity contribution in [2.45, 2.75) is 167 Å². The maximum atomic E-state index is 12.2. The first-order valence-corrected chi connectivity index (χ1v) is 14.2. The van der Waals surface area contributed by atoms with E-state index in [0.717, 1.165) is 25.7 Å². The van der Waals surface area contributed by atoms with Gasteiger partial charge in [0.15, 0.2) is 0 Å². The third kappa shape index (κ3) is 21.2. The van der Waals surface area contributed by atoms with Crippen LogP contribution >= 0.6 is 0 Å². The Bertz CT molecular complexity index is 389. The smallest absolute Gasteiger partial charge is 0.220 e. The Labute approximate surface area is 200 Å². The van der Waals surface area contributed by atoms with Crippen molar-refractivity contribution in [3.63, 3.8) is 0 Å². The van der Waals surface area contributed by atoms with E-state index in [4.69, 9.17) is 0 Å². The van der Waals surface area contributed by atoms with Gasteiger partial charge in [-0.15, -0.1) is 0 Å². The predicted molar refractivity (Wildman–Crippen MR) is 138 cm³/mol. The standard InChI is InChI=1S/C28H57NO3/c1-3-5-7-9-11-13-14-16-17-19-21-23-27(31)26(25-30)29-28(32)24-22-20-18-15-12-10-8-6-4-2/h26-27,30-31H,3-25H2,1-2H3,(H,29,32)/t26-,27+/m0/s1. The molecule has 2 atom stereocenters. The van der Waals surface area contributed by atoms with Crippen molar-refractivity contribution >= 4 is 5.91 Å². The van der Waals surface area contributed by atoms with Crippen molar-refractivity contribution in [2.75, 3.05) is 6.61 Å². The number of hydrogen-bond acceptors (Lipinski definition) is 3. The highest BCUT2D eigenvalue weighted by molar-refractivity contribution is 5.76. The van der Waals surface area contributed by atoms with E-state index in [9.17, 15) is 15.0 Å². The number of rotatable bonds is 25. The molecule has 4 heteroatoms. The fourth-order valence-corrected chi connectivity index (χ4v) is 4.36. The maximum absolute atomic E-state index is 12.2. The zero-order chi connectivity index (χ0) is 23.7. The Kier molecular flexibility index (Phi) is 24.5. The number of amides is 1. The van der Waals surface area contributed by atoms with Gasteiger partial charge >= 0.3 is 0 Å². The Balaban J connectivity index is 3.62. The molecule has 0 aromatic carbocycles. The summed E-state index contributed by atoms with van der Waals surface area (Å²) in [5.41, 5.74) is 0. The van der Waals surface area contributed by atoms with Gasteiger partial charge in [0.1, 0.15) is 0 Å². The summed E-state index contributed by atoms with van der Waals surface area (Å²) < 4.78 is 0. The molecule has 4 nitrogen and oxygen atoms in total. The Hall–Kier alpha value is -0.610. The summed E-state index contributed by atoms with van der Waals surface area (Å²) >= 11 is 0. The monoisotopic (exact) mass is 455 g/mol. The summed E-state index contributed by atoms with van der Waals surface area (Å²) in [7, 11) is 0. The maximum Gasteiger partial charge on any atom is 0.220 e. The third-order valence-corrected chi connectivity index (χ3v) is 6.62. The second-order valence-electron chi connectivity index (χ2n) is 9.83. The number of aliphatic hydroxyl groups excluding tert-OH is 2. The lowest BCUT2D eigenvalue weighted by Gasteiger charge is -2.22. The summed E-state index contributed by atoms with van der Waals surface area (Å²) in [6.45, 7) is 4.30. The van der Waals surface area contributed by atoms with E-state index < -0.39 is 12.1 Å². The van der Waals surface area contributed by atoms with Crippen molar-refractivity contribution in [3.05, 3.63) is 0 Å². The van der Waals surface area contributed by atoms with Crippen LogP contribution in [0.5, 0.6) is 0 Å². The van der Waals surface area contributed by atoms with Crippen LogP contribution in [-0.2, 0) is 4.79 Å². The van der Waals surface area contributed by atoms with Gasteiger partial charge in [0.2, 0.25) is 5.91 Å². The number of unbranched alkanes of at least 4 members (excludes halogenated alkanes) is 18. The minimum atomic E-state index is -0.648. The fourth-order valence-electron chi connectivity index (χ4n) is 4.36. The topological polar surface area (TPSA) is 69.6 Å². The first-order valence-electron chi connectivity index (χ1n) is 14.2. The highest BCUT2D eigenvalue weighted by Gasteiger charge is 2.19. The second-order valence-corrected chi connectivity index (χ2v) is 9.83. The van der Waals surface area contributed by atoms with Crippen molar-refractivity contribution in [1.29, 1.82) is 0 Å². The lowest BCUT2D eigenvalue weighted by molar-refractivity contribution is -0.123. The van der Waals surface area contributed by atoms with Gasteiger partial charge in [-0.05, 0) is 12.8 Å². The number of aliphatic hydroxyl groups is 2. The number of carbonyl (C=O) groups excluding carboxylic acids is 1. The molecular formula is C28H57NO3. The second kappa shape index (κ2) is 25.0. The molecule has 0 unspecified atom stereocenters. The highest BCUT2D eigenvalue weighted by Crippen LogP contribution is 2.14.